The normalized spacial score (nSPS) is 11.4. The molecule has 4 heteroatoms. The van der Waals surface area contributed by atoms with E-state index in [1.807, 2.05) is 12.3 Å². The Hall–Kier alpha value is -2.07. The smallest absolute Gasteiger partial charge is 0.202 e. The van der Waals surface area contributed by atoms with Crippen molar-refractivity contribution in [3.63, 3.8) is 0 Å². The highest BCUT2D eigenvalue weighted by molar-refractivity contribution is 6.08. The molecule has 0 bridgehead atoms. The molecule has 0 amide bonds. The molecule has 3 aromatic rings. The minimum Gasteiger partial charge on any atom is -0.497 e. The van der Waals surface area contributed by atoms with Gasteiger partial charge in [-0.05, 0) is 12.1 Å². The van der Waals surface area contributed by atoms with E-state index in [0.29, 0.717) is 6.54 Å². The molecule has 3 rings (SSSR count). The molecule has 20 heavy (non-hydrogen) atoms. The summed E-state index contributed by atoms with van der Waals surface area (Å²) in [4.78, 5) is 0. The molecule has 1 N–H and O–H groups in total. The third kappa shape index (κ3) is 1.76. The van der Waals surface area contributed by atoms with Crippen LogP contribution in [0.25, 0.3) is 21.8 Å². The first-order chi connectivity index (χ1) is 9.67. The lowest BCUT2D eigenvalue weighted by atomic mass is 10.1. The predicted octanol–water partition coefficient (Wildman–Crippen LogP) is 1.93. The van der Waals surface area contributed by atoms with E-state index < -0.39 is 0 Å². The van der Waals surface area contributed by atoms with Crippen LogP contribution >= 0.6 is 0 Å². The third-order valence-corrected chi connectivity index (χ3v) is 3.98. The zero-order valence-corrected chi connectivity index (χ0v) is 12.1. The van der Waals surface area contributed by atoms with Crippen molar-refractivity contribution in [2.75, 3.05) is 13.7 Å². The molecule has 2 heterocycles. The van der Waals surface area contributed by atoms with Crippen molar-refractivity contribution < 1.29 is 14.4 Å². The van der Waals surface area contributed by atoms with Gasteiger partial charge in [-0.15, -0.1) is 0 Å². The average Bonchev–Trinajstić information content (AvgIpc) is 2.75. The topological polar surface area (TPSA) is 38.3 Å². The summed E-state index contributed by atoms with van der Waals surface area (Å²) in [5.41, 5.74) is 3.52. The summed E-state index contributed by atoms with van der Waals surface area (Å²) in [6.45, 7) is 2.86. The second-order valence-electron chi connectivity index (χ2n) is 5.02. The van der Waals surface area contributed by atoms with Crippen LogP contribution in [-0.2, 0) is 13.6 Å². The lowest BCUT2D eigenvalue weighted by molar-refractivity contribution is -0.702. The number of aliphatic hydroxyl groups is 1. The first kappa shape index (κ1) is 12.9. The van der Waals surface area contributed by atoms with Crippen LogP contribution in [-0.4, -0.2) is 23.4 Å². The van der Waals surface area contributed by atoms with Gasteiger partial charge in [-0.3, -0.25) is 0 Å². The Balaban J connectivity index is 2.38. The van der Waals surface area contributed by atoms with Crippen LogP contribution in [0.3, 0.4) is 0 Å². The first-order valence-corrected chi connectivity index (χ1v) is 6.73. The number of hydrogen-bond acceptors (Lipinski definition) is 2. The number of nitrogens with zero attached hydrogens (tertiary/aromatic N) is 2. The van der Waals surface area contributed by atoms with Gasteiger partial charge in [0.1, 0.15) is 17.9 Å². The molecule has 0 fully saturated rings. The van der Waals surface area contributed by atoms with E-state index in [1.54, 1.807) is 7.11 Å². The van der Waals surface area contributed by atoms with Gasteiger partial charge < -0.3 is 14.4 Å². The standard InChI is InChI=1S/C16H19N2O2/c1-11-16-14(6-7-18(11)8-9-19)13-5-4-12(20-3)10-15(13)17(16)2/h4-7,10,19H,8-9H2,1-3H3/q+1. The number of ether oxygens (including phenoxy) is 1. The number of aliphatic hydroxyl groups excluding tert-OH is 1. The Morgan fingerprint density at radius 3 is 2.75 bits per heavy atom. The Morgan fingerprint density at radius 1 is 1.25 bits per heavy atom. The van der Waals surface area contributed by atoms with E-state index >= 15 is 0 Å². The number of aromatic nitrogens is 2. The van der Waals surface area contributed by atoms with E-state index in [-0.39, 0.29) is 6.61 Å². The summed E-state index contributed by atoms with van der Waals surface area (Å²) in [5, 5.41) is 11.6. The summed E-state index contributed by atoms with van der Waals surface area (Å²) in [7, 11) is 3.75. The molecule has 1 aromatic carbocycles. The van der Waals surface area contributed by atoms with Gasteiger partial charge in [-0.2, -0.15) is 4.57 Å². The molecular weight excluding hydrogens is 252 g/mol. The van der Waals surface area contributed by atoms with E-state index in [1.165, 1.54) is 16.3 Å². The number of fused-ring (bicyclic) bond motifs is 3. The molecule has 0 radical (unpaired) electrons. The lowest BCUT2D eigenvalue weighted by Crippen LogP contribution is -2.38. The average molecular weight is 271 g/mol. The first-order valence-electron chi connectivity index (χ1n) is 6.73. The van der Waals surface area contributed by atoms with Crippen molar-refractivity contribution in [1.82, 2.24) is 4.57 Å². The van der Waals surface area contributed by atoms with E-state index in [2.05, 4.69) is 41.3 Å². The SMILES string of the molecule is COc1ccc2c3cc[n+](CCO)c(C)c3n(C)c2c1. The number of hydrogen-bond donors (Lipinski definition) is 1. The molecule has 0 saturated heterocycles. The third-order valence-electron chi connectivity index (χ3n) is 3.98. The zero-order chi connectivity index (χ0) is 14.3. The second-order valence-corrected chi connectivity index (χ2v) is 5.02. The summed E-state index contributed by atoms with van der Waals surface area (Å²) >= 11 is 0. The van der Waals surface area contributed by atoms with Crippen LogP contribution in [0.15, 0.2) is 30.5 Å². The number of aryl methyl sites for hydroxylation is 2. The van der Waals surface area contributed by atoms with Gasteiger partial charge in [0.25, 0.3) is 0 Å². The number of rotatable bonds is 3. The molecule has 104 valence electrons. The molecule has 0 spiro atoms. The van der Waals surface area contributed by atoms with Crippen molar-refractivity contribution >= 4 is 21.8 Å². The molecule has 2 aromatic heterocycles. The molecule has 0 saturated carbocycles. The molecule has 0 aliphatic heterocycles. The number of methoxy groups -OCH3 is 1. The van der Waals surface area contributed by atoms with Crippen LogP contribution < -0.4 is 9.30 Å². The fraction of sp³-hybridized carbons (Fsp3) is 0.312. The van der Waals surface area contributed by atoms with E-state index in [0.717, 1.165) is 17.0 Å². The maximum absolute atomic E-state index is 9.15. The van der Waals surface area contributed by atoms with Crippen molar-refractivity contribution in [2.45, 2.75) is 13.5 Å². The van der Waals surface area contributed by atoms with Gasteiger partial charge in [0.05, 0.1) is 12.6 Å². The summed E-state index contributed by atoms with van der Waals surface area (Å²) in [6.07, 6.45) is 2.04. The van der Waals surface area contributed by atoms with Crippen LogP contribution in [0.4, 0.5) is 0 Å². The van der Waals surface area contributed by atoms with Crippen LogP contribution in [0.2, 0.25) is 0 Å². The van der Waals surface area contributed by atoms with Crippen molar-refractivity contribution in [3.8, 4) is 5.75 Å². The van der Waals surface area contributed by atoms with Gasteiger partial charge in [-0.1, -0.05) is 0 Å². The van der Waals surface area contributed by atoms with Gasteiger partial charge in [-0.25, -0.2) is 0 Å². The quantitative estimate of drug-likeness (QED) is 0.739. The minimum absolute atomic E-state index is 0.148. The van der Waals surface area contributed by atoms with Crippen molar-refractivity contribution in [2.24, 2.45) is 7.05 Å². The summed E-state index contributed by atoms with van der Waals surface area (Å²) < 4.78 is 9.59. The predicted molar refractivity (Wildman–Crippen MR) is 79.0 cm³/mol. The molecule has 0 atom stereocenters. The number of pyridine rings is 1. The number of benzene rings is 1. The van der Waals surface area contributed by atoms with Gasteiger partial charge in [0, 0.05) is 36.9 Å². The Kier molecular flexibility index (Phi) is 3.10. The van der Waals surface area contributed by atoms with Gasteiger partial charge >= 0.3 is 0 Å². The molecular formula is C16H19N2O2+. The fourth-order valence-electron chi connectivity index (χ4n) is 2.94. The van der Waals surface area contributed by atoms with Crippen LogP contribution in [0, 0.1) is 6.92 Å². The summed E-state index contributed by atoms with van der Waals surface area (Å²) in [6, 6.07) is 8.27. The minimum atomic E-state index is 0.148. The van der Waals surface area contributed by atoms with Gasteiger partial charge in [0.15, 0.2) is 12.7 Å². The lowest BCUT2D eigenvalue weighted by Gasteiger charge is -2.03. The Bertz CT molecular complexity index is 790. The fourth-order valence-corrected chi connectivity index (χ4v) is 2.94. The molecule has 4 nitrogen and oxygen atoms in total. The van der Waals surface area contributed by atoms with Crippen molar-refractivity contribution in [1.29, 1.82) is 0 Å². The summed E-state index contributed by atoms with van der Waals surface area (Å²) in [5.74, 6) is 0.865. The highest BCUT2D eigenvalue weighted by Crippen LogP contribution is 2.31. The maximum atomic E-state index is 9.15. The largest absolute Gasteiger partial charge is 0.497 e. The van der Waals surface area contributed by atoms with Crippen LogP contribution in [0.5, 0.6) is 5.75 Å². The van der Waals surface area contributed by atoms with Crippen molar-refractivity contribution in [3.05, 3.63) is 36.2 Å². The monoisotopic (exact) mass is 271 g/mol. The van der Waals surface area contributed by atoms with E-state index in [9.17, 15) is 0 Å². The molecule has 0 aliphatic rings. The Labute approximate surface area is 117 Å². The highest BCUT2D eigenvalue weighted by Gasteiger charge is 2.17. The van der Waals surface area contributed by atoms with Gasteiger partial charge in [0.2, 0.25) is 5.69 Å². The molecule has 0 unspecified atom stereocenters. The van der Waals surface area contributed by atoms with E-state index in [4.69, 9.17) is 9.84 Å². The Morgan fingerprint density at radius 2 is 2.05 bits per heavy atom. The zero-order valence-electron chi connectivity index (χ0n) is 12.1. The molecule has 0 aliphatic carbocycles. The highest BCUT2D eigenvalue weighted by atomic mass is 16.5. The second kappa shape index (κ2) is 4.80. The van der Waals surface area contributed by atoms with Crippen LogP contribution in [0.1, 0.15) is 5.69 Å². The maximum Gasteiger partial charge on any atom is 0.202 e.